The Balaban J connectivity index is 1.52. The number of methoxy groups -OCH3 is 1. The first-order valence-electron chi connectivity index (χ1n) is 7.97. The van der Waals surface area contributed by atoms with Crippen molar-refractivity contribution in [3.8, 4) is 5.75 Å². The Morgan fingerprint density at radius 3 is 2.64 bits per heavy atom. The van der Waals surface area contributed by atoms with Crippen molar-refractivity contribution in [1.29, 1.82) is 0 Å². The van der Waals surface area contributed by atoms with Crippen LogP contribution in [0.5, 0.6) is 5.75 Å². The number of hydrogen-bond acceptors (Lipinski definition) is 5. The number of fused-ring (bicyclic) bond motifs is 1. The lowest BCUT2D eigenvalue weighted by molar-refractivity contribution is 0.415. The highest BCUT2D eigenvalue weighted by Gasteiger charge is 2.26. The maximum Gasteiger partial charge on any atom is 0.232 e. The Morgan fingerprint density at radius 1 is 1.08 bits per heavy atom. The molecule has 0 N–H and O–H groups in total. The van der Waals surface area contributed by atoms with Gasteiger partial charge in [0.05, 0.1) is 7.11 Å². The molecular weight excluding hydrogens is 356 g/mol. The van der Waals surface area contributed by atoms with Gasteiger partial charge in [-0.2, -0.15) is 0 Å². The summed E-state index contributed by atoms with van der Waals surface area (Å²) >= 11 is 7.90. The fourth-order valence-corrected chi connectivity index (χ4v) is 4.09. The summed E-state index contributed by atoms with van der Waals surface area (Å²) in [5, 5.41) is 10.5. The van der Waals surface area contributed by atoms with E-state index in [4.69, 9.17) is 16.3 Å². The molecule has 7 heteroatoms. The number of thioether (sulfide) groups is 1. The minimum Gasteiger partial charge on any atom is -0.497 e. The molecule has 128 valence electrons. The molecule has 1 aliphatic heterocycles. The molecule has 0 saturated heterocycles. The molecule has 4 rings (SSSR count). The predicted molar refractivity (Wildman–Crippen MR) is 101 cm³/mol. The summed E-state index contributed by atoms with van der Waals surface area (Å²) in [5.74, 6) is 2.51. The van der Waals surface area contributed by atoms with E-state index in [0.717, 1.165) is 52.0 Å². The van der Waals surface area contributed by atoms with Gasteiger partial charge in [-0.15, -0.1) is 10.2 Å². The van der Waals surface area contributed by atoms with E-state index in [9.17, 15) is 0 Å². The van der Waals surface area contributed by atoms with Crippen molar-refractivity contribution in [2.45, 2.75) is 17.5 Å². The van der Waals surface area contributed by atoms with Gasteiger partial charge in [-0.25, -0.2) is 0 Å². The molecule has 2 heterocycles. The maximum atomic E-state index is 6.23. The molecule has 0 saturated carbocycles. The highest BCUT2D eigenvalue weighted by atomic mass is 35.5. The van der Waals surface area contributed by atoms with Crippen LogP contribution in [0, 0.1) is 0 Å². The molecular formula is C18H17ClN4OS. The van der Waals surface area contributed by atoms with E-state index in [1.54, 1.807) is 18.9 Å². The number of hydrogen-bond donors (Lipinski definition) is 0. The fourth-order valence-electron chi connectivity index (χ4n) is 2.85. The third-order valence-corrected chi connectivity index (χ3v) is 5.57. The molecule has 3 aromatic rings. The standard InChI is InChI=1S/C18H17ClN4OS/c1-24-15-8-6-14(7-9-15)22-10-11-23-17(22)20-21-18(23)25-12-13-4-2-3-5-16(13)19/h2-9H,10-12H2,1H3. The van der Waals surface area contributed by atoms with Crippen LogP contribution in [-0.2, 0) is 12.3 Å². The predicted octanol–water partition coefficient (Wildman–Crippen LogP) is 4.38. The van der Waals surface area contributed by atoms with E-state index in [-0.39, 0.29) is 0 Å². The molecule has 0 unspecified atom stereocenters. The van der Waals surface area contributed by atoms with Crippen molar-refractivity contribution in [1.82, 2.24) is 14.8 Å². The van der Waals surface area contributed by atoms with E-state index < -0.39 is 0 Å². The molecule has 0 atom stereocenters. The van der Waals surface area contributed by atoms with Gasteiger partial charge in [-0.3, -0.25) is 4.57 Å². The van der Waals surface area contributed by atoms with E-state index in [2.05, 4.69) is 19.7 Å². The van der Waals surface area contributed by atoms with Gasteiger partial charge in [0.25, 0.3) is 0 Å². The second kappa shape index (κ2) is 6.98. The van der Waals surface area contributed by atoms with Crippen LogP contribution in [-0.4, -0.2) is 28.4 Å². The van der Waals surface area contributed by atoms with Gasteiger partial charge in [0.15, 0.2) is 5.16 Å². The zero-order chi connectivity index (χ0) is 17.2. The third-order valence-electron chi connectivity index (χ3n) is 4.18. The van der Waals surface area contributed by atoms with Gasteiger partial charge in [-0.05, 0) is 35.9 Å². The molecule has 0 bridgehead atoms. The summed E-state index contributed by atoms with van der Waals surface area (Å²) in [4.78, 5) is 2.17. The lowest BCUT2D eigenvalue weighted by Gasteiger charge is -2.15. The molecule has 0 spiro atoms. The zero-order valence-electron chi connectivity index (χ0n) is 13.7. The molecule has 2 aromatic carbocycles. The highest BCUT2D eigenvalue weighted by Crippen LogP contribution is 2.34. The third kappa shape index (κ3) is 3.19. The SMILES string of the molecule is COc1ccc(N2CCn3c(SCc4ccccc4Cl)nnc32)cc1. The Labute approximate surface area is 155 Å². The van der Waals surface area contributed by atoms with Crippen LogP contribution in [0.25, 0.3) is 0 Å². The number of ether oxygens (including phenoxy) is 1. The molecule has 1 aliphatic rings. The molecule has 0 fully saturated rings. The van der Waals surface area contributed by atoms with Crippen LogP contribution in [0.4, 0.5) is 11.6 Å². The molecule has 1 aromatic heterocycles. The summed E-state index contributed by atoms with van der Waals surface area (Å²) in [6.07, 6.45) is 0. The van der Waals surface area contributed by atoms with Gasteiger partial charge in [0, 0.05) is 29.6 Å². The summed E-state index contributed by atoms with van der Waals surface area (Å²) < 4.78 is 7.38. The first-order valence-corrected chi connectivity index (χ1v) is 9.33. The Kier molecular flexibility index (Phi) is 4.55. The number of aromatic nitrogens is 3. The van der Waals surface area contributed by atoms with Crippen LogP contribution >= 0.6 is 23.4 Å². The van der Waals surface area contributed by atoms with Crippen molar-refractivity contribution in [2.75, 3.05) is 18.6 Å². The Morgan fingerprint density at radius 2 is 1.88 bits per heavy atom. The minimum atomic E-state index is 0.778. The number of rotatable bonds is 5. The number of nitrogens with zero attached hydrogens (tertiary/aromatic N) is 4. The molecule has 0 aliphatic carbocycles. The average molecular weight is 373 g/mol. The molecule has 25 heavy (non-hydrogen) atoms. The van der Waals surface area contributed by atoms with Crippen molar-refractivity contribution in [3.05, 3.63) is 59.1 Å². The van der Waals surface area contributed by atoms with Gasteiger partial charge < -0.3 is 9.64 Å². The van der Waals surface area contributed by atoms with Crippen LogP contribution < -0.4 is 9.64 Å². The number of halogens is 1. The van der Waals surface area contributed by atoms with Gasteiger partial charge >= 0.3 is 0 Å². The van der Waals surface area contributed by atoms with Crippen LogP contribution in [0.15, 0.2) is 53.7 Å². The Hall–Kier alpha value is -2.18. The second-order valence-electron chi connectivity index (χ2n) is 5.66. The monoisotopic (exact) mass is 372 g/mol. The van der Waals surface area contributed by atoms with Crippen molar-refractivity contribution < 1.29 is 4.74 Å². The van der Waals surface area contributed by atoms with E-state index in [1.165, 1.54) is 0 Å². The number of anilines is 2. The Bertz CT molecular complexity index is 881. The summed E-state index contributed by atoms with van der Waals surface area (Å²) in [7, 11) is 1.67. The topological polar surface area (TPSA) is 43.2 Å². The first kappa shape index (κ1) is 16.3. The van der Waals surface area contributed by atoms with Crippen LogP contribution in [0.3, 0.4) is 0 Å². The van der Waals surface area contributed by atoms with Crippen molar-refractivity contribution >= 4 is 35.0 Å². The lowest BCUT2D eigenvalue weighted by atomic mass is 10.2. The van der Waals surface area contributed by atoms with Crippen molar-refractivity contribution in [3.63, 3.8) is 0 Å². The van der Waals surface area contributed by atoms with Gasteiger partial charge in [-0.1, -0.05) is 41.6 Å². The smallest absolute Gasteiger partial charge is 0.232 e. The normalized spacial score (nSPS) is 13.1. The van der Waals surface area contributed by atoms with Gasteiger partial charge in [0.1, 0.15) is 5.75 Å². The zero-order valence-corrected chi connectivity index (χ0v) is 15.3. The lowest BCUT2D eigenvalue weighted by Crippen LogP contribution is -2.14. The quantitative estimate of drug-likeness (QED) is 0.621. The largest absolute Gasteiger partial charge is 0.497 e. The van der Waals surface area contributed by atoms with E-state index in [0.29, 0.717) is 0 Å². The first-order chi connectivity index (χ1) is 12.3. The minimum absolute atomic E-state index is 0.778. The van der Waals surface area contributed by atoms with Crippen LogP contribution in [0.1, 0.15) is 5.56 Å². The summed E-state index contributed by atoms with van der Waals surface area (Å²) in [5.41, 5.74) is 2.20. The number of benzene rings is 2. The van der Waals surface area contributed by atoms with Gasteiger partial charge in [0.2, 0.25) is 5.95 Å². The molecule has 0 amide bonds. The molecule has 0 radical (unpaired) electrons. The molecule has 5 nitrogen and oxygen atoms in total. The fraction of sp³-hybridized carbons (Fsp3) is 0.222. The van der Waals surface area contributed by atoms with Crippen molar-refractivity contribution in [2.24, 2.45) is 0 Å². The van der Waals surface area contributed by atoms with E-state index >= 15 is 0 Å². The summed E-state index contributed by atoms with van der Waals surface area (Å²) in [6, 6.07) is 15.9. The van der Waals surface area contributed by atoms with E-state index in [1.807, 2.05) is 48.5 Å². The van der Waals surface area contributed by atoms with Crippen LogP contribution in [0.2, 0.25) is 5.02 Å². The maximum absolute atomic E-state index is 6.23. The average Bonchev–Trinajstić information content (AvgIpc) is 3.23. The highest BCUT2D eigenvalue weighted by molar-refractivity contribution is 7.98. The summed E-state index contributed by atoms with van der Waals surface area (Å²) in [6.45, 7) is 1.76. The second-order valence-corrected chi connectivity index (χ2v) is 7.01.